The molecule has 0 aliphatic heterocycles. The molecule has 0 aliphatic rings. The van der Waals surface area contributed by atoms with Gasteiger partial charge in [-0.05, 0) is 54.4 Å². The van der Waals surface area contributed by atoms with E-state index in [1.165, 1.54) is 0 Å². The first-order valence-electron chi connectivity index (χ1n) is 8.27. The monoisotopic (exact) mass is 415 g/mol. The lowest BCUT2D eigenvalue weighted by Gasteiger charge is -2.08. The average molecular weight is 416 g/mol. The second-order valence-electron chi connectivity index (χ2n) is 5.93. The van der Waals surface area contributed by atoms with Gasteiger partial charge in [0.05, 0.1) is 0 Å². The molecule has 0 bridgehead atoms. The number of aryl methyl sites for hydroxylation is 1. The number of carbonyl (C=O) groups is 1. The summed E-state index contributed by atoms with van der Waals surface area (Å²) in [6, 6.07) is 15.6. The minimum atomic E-state index is -0.223. The fourth-order valence-electron chi connectivity index (χ4n) is 2.41. The molecule has 3 rings (SSSR count). The van der Waals surface area contributed by atoms with Crippen LogP contribution in [0.2, 0.25) is 0 Å². The zero-order chi connectivity index (χ0) is 19.2. The third-order valence-corrected chi connectivity index (χ3v) is 5.36. The van der Waals surface area contributed by atoms with Gasteiger partial charge >= 0.3 is 0 Å². The van der Waals surface area contributed by atoms with E-state index in [4.69, 9.17) is 16.6 Å². The number of alkyl halides is 1. The lowest BCUT2D eigenvalue weighted by atomic mass is 10.1. The highest BCUT2D eigenvalue weighted by atomic mass is 35.5. The number of aromatic nitrogens is 2. The molecular formula is C20H18ClN3OS2. The van der Waals surface area contributed by atoms with Gasteiger partial charge in [-0.1, -0.05) is 23.9 Å². The van der Waals surface area contributed by atoms with Gasteiger partial charge < -0.3 is 5.32 Å². The molecule has 7 heteroatoms. The smallest absolute Gasteiger partial charge is 0.239 e. The van der Waals surface area contributed by atoms with E-state index in [2.05, 4.69) is 22.9 Å². The summed E-state index contributed by atoms with van der Waals surface area (Å²) >= 11 is 11.5. The molecule has 0 atom stereocenters. The van der Waals surface area contributed by atoms with Gasteiger partial charge in [-0.25, -0.2) is 9.97 Å². The van der Waals surface area contributed by atoms with Crippen LogP contribution in [0.3, 0.4) is 0 Å². The van der Waals surface area contributed by atoms with Crippen molar-refractivity contribution >= 4 is 47.6 Å². The highest BCUT2D eigenvalue weighted by molar-refractivity contribution is 7.99. The number of nitrogens with zero attached hydrogens (tertiary/aromatic N) is 2. The van der Waals surface area contributed by atoms with E-state index < -0.39 is 0 Å². The number of rotatable bonds is 6. The minimum Gasteiger partial charge on any atom is -0.325 e. The number of carbonyl (C=O) groups excluding carboxylic acids is 1. The topological polar surface area (TPSA) is 54.9 Å². The summed E-state index contributed by atoms with van der Waals surface area (Å²) in [5.74, 6) is 0.488. The number of benzene rings is 2. The van der Waals surface area contributed by atoms with E-state index in [1.807, 2.05) is 61.7 Å². The zero-order valence-electron chi connectivity index (χ0n) is 14.6. The Morgan fingerprint density at radius 3 is 2.70 bits per heavy atom. The molecule has 1 N–H and O–H groups in total. The Kier molecular flexibility index (Phi) is 6.77. The first-order valence-corrected chi connectivity index (χ1v) is 10.1. The lowest BCUT2D eigenvalue weighted by molar-refractivity contribution is -0.113. The Labute approximate surface area is 173 Å². The summed E-state index contributed by atoms with van der Waals surface area (Å²) in [6.45, 7) is 2.00. The molecule has 0 saturated carbocycles. The predicted molar refractivity (Wildman–Crippen MR) is 113 cm³/mol. The first kappa shape index (κ1) is 19.7. The molecule has 0 aliphatic carbocycles. The van der Waals surface area contributed by atoms with Crippen molar-refractivity contribution in [3.8, 4) is 0 Å². The molecule has 1 aromatic heterocycles. The molecular weight excluding hydrogens is 398 g/mol. The van der Waals surface area contributed by atoms with Gasteiger partial charge in [0, 0.05) is 28.1 Å². The van der Waals surface area contributed by atoms with Gasteiger partial charge in [-0.2, -0.15) is 0 Å². The maximum atomic E-state index is 11.3. The highest BCUT2D eigenvalue weighted by Crippen LogP contribution is 2.29. The third-order valence-electron chi connectivity index (χ3n) is 3.72. The first-order chi connectivity index (χ1) is 13.0. The molecule has 27 heavy (non-hydrogen) atoms. The highest BCUT2D eigenvalue weighted by Gasteiger charge is 2.08. The van der Waals surface area contributed by atoms with Crippen LogP contribution < -0.4 is 5.32 Å². The molecule has 0 radical (unpaired) electrons. The van der Waals surface area contributed by atoms with Gasteiger partial charge in [-0.3, -0.25) is 4.79 Å². The second-order valence-corrected chi connectivity index (χ2v) is 7.78. The maximum absolute atomic E-state index is 11.3. The van der Waals surface area contributed by atoms with Gasteiger partial charge in [0.15, 0.2) is 0 Å². The van der Waals surface area contributed by atoms with E-state index in [0.717, 1.165) is 37.5 Å². The van der Waals surface area contributed by atoms with Crippen molar-refractivity contribution in [3.05, 3.63) is 71.7 Å². The zero-order valence-corrected chi connectivity index (χ0v) is 17.1. The van der Waals surface area contributed by atoms with Crippen molar-refractivity contribution in [3.63, 3.8) is 0 Å². The van der Waals surface area contributed by atoms with Crippen molar-refractivity contribution in [2.45, 2.75) is 28.2 Å². The summed E-state index contributed by atoms with van der Waals surface area (Å²) in [7, 11) is 0. The van der Waals surface area contributed by atoms with E-state index in [-0.39, 0.29) is 11.8 Å². The largest absolute Gasteiger partial charge is 0.325 e. The van der Waals surface area contributed by atoms with Crippen molar-refractivity contribution in [1.82, 2.24) is 9.97 Å². The number of halogens is 1. The number of amides is 1. The van der Waals surface area contributed by atoms with Crippen LogP contribution in [0.15, 0.2) is 69.5 Å². The normalized spacial score (nSPS) is 10.6. The summed E-state index contributed by atoms with van der Waals surface area (Å²) in [5.41, 5.74) is 2.87. The minimum absolute atomic E-state index is 0.0600. The second kappa shape index (κ2) is 9.26. The van der Waals surface area contributed by atoms with E-state index in [0.29, 0.717) is 6.42 Å². The van der Waals surface area contributed by atoms with Gasteiger partial charge in [0.25, 0.3) is 0 Å². The predicted octanol–water partition coefficient (Wildman–Crippen LogP) is 4.99. The fourth-order valence-corrected chi connectivity index (χ4v) is 3.59. The molecule has 2 aromatic carbocycles. The van der Waals surface area contributed by atoms with Crippen LogP contribution >= 0.6 is 36.0 Å². The number of thiol groups is 1. The summed E-state index contributed by atoms with van der Waals surface area (Å²) < 4.78 is 0. The summed E-state index contributed by atoms with van der Waals surface area (Å²) in [5, 5.41) is 3.64. The van der Waals surface area contributed by atoms with E-state index in [9.17, 15) is 4.79 Å². The van der Waals surface area contributed by atoms with E-state index >= 15 is 0 Å². The Balaban J connectivity index is 1.73. The van der Waals surface area contributed by atoms with E-state index in [1.54, 1.807) is 11.8 Å². The van der Waals surface area contributed by atoms with Crippen molar-refractivity contribution < 1.29 is 4.79 Å². The number of nitrogens with one attached hydrogen (secondary N) is 1. The van der Waals surface area contributed by atoms with Crippen LogP contribution in [-0.4, -0.2) is 21.8 Å². The van der Waals surface area contributed by atoms with Gasteiger partial charge in [0.2, 0.25) is 5.91 Å². The Morgan fingerprint density at radius 1 is 1.22 bits per heavy atom. The molecule has 1 heterocycles. The van der Waals surface area contributed by atoms with Crippen LogP contribution in [0, 0.1) is 6.92 Å². The lowest BCUT2D eigenvalue weighted by Crippen LogP contribution is -2.12. The molecule has 4 nitrogen and oxygen atoms in total. The number of hydrogen-bond donors (Lipinski definition) is 2. The Bertz CT molecular complexity index is 948. The molecule has 0 unspecified atom stereocenters. The standard InChI is InChI=1S/C20H18ClN3OS2/c1-13-12-22-18(10-14-3-2-4-16(26)9-14)24-20(13)27-17-7-5-15(6-8-17)23-19(25)11-21/h2-9,12,26H,10-11H2,1H3,(H,23,25). The summed E-state index contributed by atoms with van der Waals surface area (Å²) in [6.07, 6.45) is 2.51. The van der Waals surface area contributed by atoms with Crippen LogP contribution in [0.1, 0.15) is 17.0 Å². The quantitative estimate of drug-likeness (QED) is 0.338. The van der Waals surface area contributed by atoms with Gasteiger partial charge in [0.1, 0.15) is 16.7 Å². The SMILES string of the molecule is Cc1cnc(Cc2cccc(S)c2)nc1Sc1ccc(NC(=O)CCl)cc1. The molecule has 138 valence electrons. The Hall–Kier alpha value is -2.02. The Morgan fingerprint density at radius 2 is 2.00 bits per heavy atom. The van der Waals surface area contributed by atoms with Crippen molar-refractivity contribution in [2.24, 2.45) is 0 Å². The molecule has 0 saturated heterocycles. The van der Waals surface area contributed by atoms with Crippen molar-refractivity contribution in [2.75, 3.05) is 11.2 Å². The van der Waals surface area contributed by atoms with Crippen LogP contribution in [-0.2, 0) is 11.2 Å². The number of hydrogen-bond acceptors (Lipinski definition) is 5. The number of anilines is 1. The third kappa shape index (κ3) is 5.73. The fraction of sp³-hybridized carbons (Fsp3) is 0.150. The molecule has 1 amide bonds. The summed E-state index contributed by atoms with van der Waals surface area (Å²) in [4.78, 5) is 22.5. The molecule has 3 aromatic rings. The molecule has 0 fully saturated rings. The maximum Gasteiger partial charge on any atom is 0.239 e. The average Bonchev–Trinajstić information content (AvgIpc) is 2.66. The van der Waals surface area contributed by atoms with Crippen LogP contribution in [0.4, 0.5) is 5.69 Å². The van der Waals surface area contributed by atoms with Crippen molar-refractivity contribution in [1.29, 1.82) is 0 Å². The van der Waals surface area contributed by atoms with Crippen LogP contribution in [0.5, 0.6) is 0 Å². The van der Waals surface area contributed by atoms with Crippen LogP contribution in [0.25, 0.3) is 0 Å². The molecule has 0 spiro atoms. The van der Waals surface area contributed by atoms with Gasteiger partial charge in [-0.15, -0.1) is 24.2 Å².